The lowest BCUT2D eigenvalue weighted by Crippen LogP contribution is -2.23. The number of benzene rings is 1. The molecule has 0 aliphatic heterocycles. The van der Waals surface area contributed by atoms with Gasteiger partial charge in [0.1, 0.15) is 10.5 Å². The lowest BCUT2D eigenvalue weighted by molar-refractivity contribution is -0.432. The average molecular weight is 446 g/mol. The molecule has 0 fully saturated rings. The molecule has 0 saturated heterocycles. The number of thioether (sulfide) groups is 1. The van der Waals surface area contributed by atoms with Crippen molar-refractivity contribution in [2.75, 3.05) is 5.75 Å². The second-order valence-corrected chi connectivity index (χ2v) is 8.56. The van der Waals surface area contributed by atoms with Gasteiger partial charge in [0.05, 0.1) is 16.9 Å². The third kappa shape index (κ3) is 8.16. The summed E-state index contributed by atoms with van der Waals surface area (Å²) >= 11 is 0.459. The number of hydrogen-bond donors (Lipinski definition) is 1. The Bertz CT molecular complexity index is 639. The number of rotatable bonds is 11. The largest absolute Gasteiger partial charge is 0.460 e. The number of carbonyl (C=O) groups excluding carboxylic acids is 1. The lowest BCUT2D eigenvalue weighted by atomic mass is 10.1. The van der Waals surface area contributed by atoms with Gasteiger partial charge in [-0.25, -0.2) is 22.8 Å². The van der Waals surface area contributed by atoms with E-state index in [0.717, 1.165) is 0 Å². The second-order valence-electron chi connectivity index (χ2n) is 6.74. The Kier molecular flexibility index (Phi) is 10.6. The number of unbranched alkanes of at least 4 members (excludes halogenated alkanes) is 3. The number of carbonyl (C=O) groups is 1. The van der Waals surface area contributed by atoms with Crippen LogP contribution in [0.3, 0.4) is 0 Å². The van der Waals surface area contributed by atoms with E-state index in [2.05, 4.69) is 9.37 Å². The maximum atomic E-state index is 14.0. The highest BCUT2D eigenvalue weighted by molar-refractivity contribution is 7.99. The van der Waals surface area contributed by atoms with Crippen molar-refractivity contribution in [2.24, 2.45) is 0 Å². The molecular formula is C17H22F4O5S2. The van der Waals surface area contributed by atoms with Crippen LogP contribution >= 0.6 is 23.8 Å². The summed E-state index contributed by atoms with van der Waals surface area (Å²) in [5, 5.41) is 11.1. The standard InChI is InChI=1S/C17H22F4O5S2/c1-17(2,3)24-10(22)8-6-4-5-7-9-27-15-11(18)13(20)16(28-26-25-23)14(21)12(15)19/h23H,4-9H2,1-3H3. The molecule has 160 valence electrons. The van der Waals surface area contributed by atoms with Crippen LogP contribution in [-0.2, 0) is 18.9 Å². The number of hydrogen-bond acceptors (Lipinski definition) is 7. The van der Waals surface area contributed by atoms with Crippen molar-refractivity contribution < 1.29 is 41.7 Å². The van der Waals surface area contributed by atoms with E-state index in [1.165, 1.54) is 0 Å². The first kappa shape index (κ1) is 25.0. The van der Waals surface area contributed by atoms with Gasteiger partial charge in [-0.15, -0.1) is 16.1 Å². The topological polar surface area (TPSA) is 65.0 Å². The van der Waals surface area contributed by atoms with Crippen molar-refractivity contribution >= 4 is 29.8 Å². The van der Waals surface area contributed by atoms with Crippen LogP contribution in [0.5, 0.6) is 0 Å². The van der Waals surface area contributed by atoms with Gasteiger partial charge >= 0.3 is 5.97 Å². The number of ether oxygens (including phenoxy) is 1. The second kappa shape index (κ2) is 11.9. The third-order valence-electron chi connectivity index (χ3n) is 3.27. The molecule has 1 aromatic carbocycles. The molecule has 0 aliphatic rings. The summed E-state index contributed by atoms with van der Waals surface area (Å²) in [6.07, 6.45) is 2.83. The van der Waals surface area contributed by atoms with Crippen LogP contribution in [0.15, 0.2) is 9.79 Å². The molecule has 28 heavy (non-hydrogen) atoms. The number of halogens is 4. The van der Waals surface area contributed by atoms with Crippen molar-refractivity contribution in [3.8, 4) is 0 Å². The van der Waals surface area contributed by atoms with Crippen molar-refractivity contribution in [2.45, 2.75) is 68.3 Å². The molecular weight excluding hydrogens is 424 g/mol. The predicted octanol–water partition coefficient (Wildman–Crippen LogP) is 6.06. The molecule has 0 aromatic heterocycles. The minimum Gasteiger partial charge on any atom is -0.460 e. The quantitative estimate of drug-likeness (QED) is 0.0648. The monoisotopic (exact) mass is 446 g/mol. The van der Waals surface area contributed by atoms with E-state index in [0.29, 0.717) is 37.4 Å². The van der Waals surface area contributed by atoms with Crippen LogP contribution in [-0.4, -0.2) is 22.6 Å². The first-order valence-corrected chi connectivity index (χ1v) is 10.2. The van der Waals surface area contributed by atoms with Crippen LogP contribution in [0.1, 0.15) is 52.9 Å². The van der Waals surface area contributed by atoms with E-state index in [1.807, 2.05) is 0 Å². The maximum absolute atomic E-state index is 14.0. The van der Waals surface area contributed by atoms with E-state index >= 15 is 0 Å². The van der Waals surface area contributed by atoms with Gasteiger partial charge < -0.3 is 4.74 Å². The Hall–Kier alpha value is -1.01. The molecule has 1 rings (SSSR count). The molecule has 0 atom stereocenters. The fourth-order valence-corrected chi connectivity index (χ4v) is 3.54. The van der Waals surface area contributed by atoms with Gasteiger partial charge in [0.2, 0.25) is 0 Å². The maximum Gasteiger partial charge on any atom is 0.306 e. The van der Waals surface area contributed by atoms with Crippen LogP contribution in [0.2, 0.25) is 0 Å². The Morgan fingerprint density at radius 2 is 1.46 bits per heavy atom. The molecule has 0 spiro atoms. The van der Waals surface area contributed by atoms with Crippen molar-refractivity contribution in [3.05, 3.63) is 23.3 Å². The Morgan fingerprint density at radius 1 is 0.929 bits per heavy atom. The summed E-state index contributed by atoms with van der Waals surface area (Å²) in [5.74, 6) is -6.41. The lowest BCUT2D eigenvalue weighted by Gasteiger charge is -2.19. The van der Waals surface area contributed by atoms with Crippen LogP contribution in [0, 0.1) is 23.3 Å². The highest BCUT2D eigenvalue weighted by atomic mass is 32.2. The Morgan fingerprint density at radius 3 is 2.00 bits per heavy atom. The van der Waals surface area contributed by atoms with Crippen molar-refractivity contribution in [1.82, 2.24) is 0 Å². The zero-order valence-electron chi connectivity index (χ0n) is 15.7. The summed E-state index contributed by atoms with van der Waals surface area (Å²) < 4.78 is 64.6. The Balaban J connectivity index is 2.44. The molecule has 1 N–H and O–H groups in total. The number of esters is 1. The van der Waals surface area contributed by atoms with Gasteiger partial charge in [0.15, 0.2) is 23.3 Å². The first-order valence-electron chi connectivity index (χ1n) is 8.43. The first-order chi connectivity index (χ1) is 13.1. The summed E-state index contributed by atoms with van der Waals surface area (Å²) in [4.78, 5) is 9.68. The predicted molar refractivity (Wildman–Crippen MR) is 96.6 cm³/mol. The van der Waals surface area contributed by atoms with E-state index in [-0.39, 0.29) is 30.2 Å². The third-order valence-corrected chi connectivity index (χ3v) is 5.07. The van der Waals surface area contributed by atoms with Gasteiger partial charge in [-0.1, -0.05) is 17.9 Å². The summed E-state index contributed by atoms with van der Waals surface area (Å²) in [7, 11) is 0. The van der Waals surface area contributed by atoms with E-state index in [4.69, 9.17) is 9.99 Å². The molecule has 0 amide bonds. The zero-order chi connectivity index (χ0) is 21.3. The van der Waals surface area contributed by atoms with Gasteiger partial charge in [-0.3, -0.25) is 4.79 Å². The SMILES string of the molecule is CC(C)(C)OC(=O)CCCCCCSc1c(F)c(F)c(SOOO)c(F)c1F. The molecule has 11 heteroatoms. The molecule has 5 nitrogen and oxygen atoms in total. The summed E-state index contributed by atoms with van der Waals surface area (Å²) in [5.41, 5.74) is -0.530. The van der Waals surface area contributed by atoms with Crippen LogP contribution in [0.4, 0.5) is 17.6 Å². The summed E-state index contributed by atoms with van der Waals surface area (Å²) in [6, 6.07) is 0. The van der Waals surface area contributed by atoms with Gasteiger partial charge in [0, 0.05) is 6.42 Å². The van der Waals surface area contributed by atoms with Gasteiger partial charge in [-0.2, -0.15) is 0 Å². The normalized spacial score (nSPS) is 11.7. The molecule has 0 heterocycles. The minimum atomic E-state index is -1.64. The highest BCUT2D eigenvalue weighted by Gasteiger charge is 2.27. The van der Waals surface area contributed by atoms with Crippen LogP contribution in [0.25, 0.3) is 0 Å². The zero-order valence-corrected chi connectivity index (χ0v) is 17.3. The highest BCUT2D eigenvalue weighted by Crippen LogP contribution is 2.36. The smallest absolute Gasteiger partial charge is 0.306 e. The van der Waals surface area contributed by atoms with Crippen molar-refractivity contribution in [3.63, 3.8) is 0 Å². The summed E-state index contributed by atoms with van der Waals surface area (Å²) in [6.45, 7) is 5.35. The Labute approximate surface area is 169 Å². The molecule has 0 radical (unpaired) electrons. The average Bonchev–Trinajstić information content (AvgIpc) is 2.60. The van der Waals surface area contributed by atoms with Gasteiger partial charge in [0.25, 0.3) is 0 Å². The van der Waals surface area contributed by atoms with E-state index in [9.17, 15) is 22.4 Å². The van der Waals surface area contributed by atoms with Crippen molar-refractivity contribution in [1.29, 1.82) is 0 Å². The molecule has 0 unspecified atom stereocenters. The molecule has 1 aromatic rings. The van der Waals surface area contributed by atoms with Crippen LogP contribution < -0.4 is 0 Å². The van der Waals surface area contributed by atoms with E-state index < -0.39 is 38.7 Å². The fourth-order valence-electron chi connectivity index (χ4n) is 2.13. The fraction of sp³-hybridized carbons (Fsp3) is 0.588. The molecule has 0 aliphatic carbocycles. The van der Waals surface area contributed by atoms with E-state index in [1.54, 1.807) is 20.8 Å². The molecule has 0 bridgehead atoms. The molecule has 0 saturated carbocycles. The van der Waals surface area contributed by atoms with Gasteiger partial charge in [-0.05, 0) is 39.4 Å². The minimum absolute atomic E-state index is 0.196.